The number of carbonyl (C=O) groups is 5. The van der Waals surface area contributed by atoms with E-state index in [-0.39, 0.29) is 34.5 Å². The van der Waals surface area contributed by atoms with Crippen LogP contribution in [0, 0.1) is 12.3 Å². The number of tetrazole rings is 1. The monoisotopic (exact) mass is 701 g/mol. The van der Waals surface area contributed by atoms with Gasteiger partial charge >= 0.3 is 24.0 Å². The maximum atomic E-state index is 13.2. The molecule has 4 N–H and O–H groups in total. The normalized spacial score (nSPS) is 18.1. The topological polar surface area (TPSA) is 231 Å². The van der Waals surface area contributed by atoms with E-state index in [0.717, 1.165) is 33.8 Å². The van der Waals surface area contributed by atoms with Crippen molar-refractivity contribution in [1.82, 2.24) is 35.4 Å². The van der Waals surface area contributed by atoms with Crippen LogP contribution in [0.25, 0.3) is 6.20 Å². The molecule has 0 aromatic carbocycles. The Bertz CT molecular complexity index is 1700. The molecule has 242 valence electrons. The number of nitrogens with zero attached hydrogens (tertiary/aromatic N) is 7. The van der Waals surface area contributed by atoms with E-state index in [1.54, 1.807) is 5.32 Å². The summed E-state index contributed by atoms with van der Waals surface area (Å²) < 4.78 is 39.0. The number of oxime groups is 1. The first-order chi connectivity index (χ1) is 21.8. The zero-order chi connectivity index (χ0) is 33.6. The highest BCUT2D eigenvalue weighted by molar-refractivity contribution is 8.01. The number of thiazole rings is 1. The number of halogens is 3. The molecule has 2 aliphatic rings. The van der Waals surface area contributed by atoms with Gasteiger partial charge in [-0.2, -0.15) is 17.9 Å². The summed E-state index contributed by atoms with van der Waals surface area (Å²) in [5.74, 6) is -4.29. The quantitative estimate of drug-likeness (QED) is 0.0555. The minimum Gasteiger partial charge on any atom is -0.481 e. The van der Waals surface area contributed by atoms with Gasteiger partial charge in [0.1, 0.15) is 22.8 Å². The third-order valence-electron chi connectivity index (χ3n) is 5.66. The van der Waals surface area contributed by atoms with Crippen molar-refractivity contribution < 1.29 is 52.2 Å². The molecule has 46 heavy (non-hydrogen) atoms. The number of rotatable bonds is 13. The van der Waals surface area contributed by atoms with E-state index in [1.165, 1.54) is 17.0 Å². The molecule has 17 nitrogen and oxygen atoms in total. The minimum atomic E-state index is -5.19. The smallest absolute Gasteiger partial charge is 0.471 e. The highest BCUT2D eigenvalue weighted by Crippen LogP contribution is 2.41. The summed E-state index contributed by atoms with van der Waals surface area (Å²) in [6, 6.07) is -1.23. The fraction of sp³-hybridized carbons (Fsp3) is 0.304. The van der Waals surface area contributed by atoms with Crippen LogP contribution in [0.1, 0.15) is 12.1 Å². The van der Waals surface area contributed by atoms with Gasteiger partial charge in [-0.3, -0.25) is 29.4 Å². The molecule has 2 unspecified atom stereocenters. The van der Waals surface area contributed by atoms with E-state index < -0.39 is 64.7 Å². The average molecular weight is 702 g/mol. The van der Waals surface area contributed by atoms with E-state index in [0.29, 0.717) is 16.9 Å². The van der Waals surface area contributed by atoms with Crippen molar-refractivity contribution >= 4 is 81.6 Å². The van der Waals surface area contributed by atoms with Gasteiger partial charge in [-0.05, 0) is 16.0 Å². The Labute approximate surface area is 267 Å². The molecule has 4 heterocycles. The maximum Gasteiger partial charge on any atom is 0.471 e. The number of aromatic nitrogens is 5. The fourth-order valence-corrected chi connectivity index (χ4v) is 6.76. The number of alkyl halides is 3. The summed E-state index contributed by atoms with van der Waals surface area (Å²) in [5, 5.41) is 37.3. The van der Waals surface area contributed by atoms with Crippen molar-refractivity contribution in [2.45, 2.75) is 29.2 Å². The van der Waals surface area contributed by atoms with E-state index in [1.807, 2.05) is 0 Å². The van der Waals surface area contributed by atoms with E-state index in [4.69, 9.17) is 16.4 Å². The number of fused-ring (bicyclic) bond motifs is 1. The van der Waals surface area contributed by atoms with Gasteiger partial charge in [-0.1, -0.05) is 28.9 Å². The fourth-order valence-electron chi connectivity index (χ4n) is 3.73. The van der Waals surface area contributed by atoms with Gasteiger partial charge in [0, 0.05) is 23.1 Å². The molecule has 0 spiro atoms. The molecule has 3 amide bonds. The molecule has 0 bridgehead atoms. The van der Waals surface area contributed by atoms with Crippen LogP contribution in [-0.2, 0) is 28.8 Å². The third-order valence-corrected chi connectivity index (χ3v) is 8.77. The maximum absolute atomic E-state index is 13.2. The van der Waals surface area contributed by atoms with Crippen LogP contribution < -0.4 is 10.6 Å². The van der Waals surface area contributed by atoms with Gasteiger partial charge in [0.15, 0.2) is 17.5 Å². The Morgan fingerprint density at radius 2 is 2.07 bits per heavy atom. The van der Waals surface area contributed by atoms with Crippen molar-refractivity contribution in [2.24, 2.45) is 5.16 Å². The van der Waals surface area contributed by atoms with Crippen LogP contribution in [0.3, 0.4) is 0 Å². The molecule has 23 heteroatoms. The SMILES string of the molecule is C#CCO/N=C(/C(=O)NC1C(=O)N2C(C(=O)O)=C(CSc3nnnn3/C=C/CC(=O)O)CSC12)c1csc(NC(=O)C(F)(F)F)n1. The first-order valence-electron chi connectivity index (χ1n) is 12.3. The minimum absolute atomic E-state index is 0.0513. The van der Waals surface area contributed by atoms with Crippen molar-refractivity contribution in [3.05, 3.63) is 28.4 Å². The molecule has 0 aliphatic carbocycles. The predicted octanol–water partition coefficient (Wildman–Crippen LogP) is 0.461. The van der Waals surface area contributed by atoms with Crippen LogP contribution in [0.2, 0.25) is 0 Å². The van der Waals surface area contributed by atoms with Crippen molar-refractivity contribution in [2.75, 3.05) is 23.4 Å². The second kappa shape index (κ2) is 14.4. The lowest BCUT2D eigenvalue weighted by Crippen LogP contribution is -2.71. The lowest BCUT2D eigenvalue weighted by Gasteiger charge is -2.49. The second-order valence-corrected chi connectivity index (χ2v) is 11.6. The molecule has 1 saturated heterocycles. The van der Waals surface area contributed by atoms with Crippen LogP contribution >= 0.6 is 34.9 Å². The third kappa shape index (κ3) is 7.82. The van der Waals surface area contributed by atoms with Gasteiger partial charge < -0.3 is 20.4 Å². The molecule has 1 fully saturated rings. The van der Waals surface area contributed by atoms with Crippen LogP contribution in [0.4, 0.5) is 18.3 Å². The van der Waals surface area contributed by atoms with Crippen LogP contribution in [0.15, 0.2) is 33.0 Å². The zero-order valence-electron chi connectivity index (χ0n) is 22.6. The average Bonchev–Trinajstić information content (AvgIpc) is 3.65. The van der Waals surface area contributed by atoms with Gasteiger partial charge in [0.25, 0.3) is 11.8 Å². The summed E-state index contributed by atoms with van der Waals surface area (Å²) in [4.78, 5) is 70.1. The Kier molecular flexibility index (Phi) is 10.6. The van der Waals surface area contributed by atoms with Crippen molar-refractivity contribution in [3.63, 3.8) is 0 Å². The zero-order valence-corrected chi connectivity index (χ0v) is 25.1. The Morgan fingerprint density at radius 1 is 1.30 bits per heavy atom. The number of thioether (sulfide) groups is 2. The number of hydrogen-bond acceptors (Lipinski definition) is 14. The number of aliphatic carboxylic acids is 2. The first-order valence-corrected chi connectivity index (χ1v) is 15.2. The summed E-state index contributed by atoms with van der Waals surface area (Å²) in [6.07, 6.45) is 2.30. The predicted molar refractivity (Wildman–Crippen MR) is 154 cm³/mol. The van der Waals surface area contributed by atoms with Gasteiger partial charge in [-0.25, -0.2) is 9.78 Å². The number of carboxylic acid groups (broad SMARTS) is 2. The van der Waals surface area contributed by atoms with E-state index in [2.05, 4.69) is 36.9 Å². The van der Waals surface area contributed by atoms with Crippen LogP contribution in [-0.4, -0.2) is 111 Å². The highest BCUT2D eigenvalue weighted by atomic mass is 32.2. The Hall–Kier alpha value is -4.95. The van der Waals surface area contributed by atoms with Gasteiger partial charge in [-0.15, -0.1) is 34.6 Å². The van der Waals surface area contributed by atoms with Crippen LogP contribution in [0.5, 0.6) is 0 Å². The van der Waals surface area contributed by atoms with E-state index in [9.17, 15) is 42.3 Å². The number of terminal acetylenes is 1. The van der Waals surface area contributed by atoms with Crippen molar-refractivity contribution in [1.29, 1.82) is 0 Å². The molecular weight excluding hydrogens is 684 g/mol. The number of carboxylic acids is 2. The Balaban J connectivity index is 1.47. The largest absolute Gasteiger partial charge is 0.481 e. The molecule has 0 radical (unpaired) electrons. The number of β-lactam (4-membered cyclic amide) rings is 1. The number of carbonyl (C=O) groups excluding carboxylic acids is 3. The molecule has 0 saturated carbocycles. The van der Waals surface area contributed by atoms with Gasteiger partial charge in [0.2, 0.25) is 5.16 Å². The summed E-state index contributed by atoms with van der Waals surface area (Å²) in [5.41, 5.74) is -0.834. The number of anilines is 1. The molecule has 2 aromatic rings. The molecule has 2 aliphatic heterocycles. The molecule has 4 rings (SSSR count). The summed E-state index contributed by atoms with van der Waals surface area (Å²) in [6.45, 7) is -0.397. The first kappa shape index (κ1) is 33.9. The highest BCUT2D eigenvalue weighted by Gasteiger charge is 2.54. The number of hydrogen-bond donors (Lipinski definition) is 4. The lowest BCUT2D eigenvalue weighted by molar-refractivity contribution is -0.167. The summed E-state index contributed by atoms with van der Waals surface area (Å²) >= 11 is 2.75. The second-order valence-electron chi connectivity index (χ2n) is 8.70. The molecular formula is C23H18F3N9O8S3. The molecule has 2 aromatic heterocycles. The number of amides is 3. The number of nitrogens with one attached hydrogen (secondary N) is 2. The van der Waals surface area contributed by atoms with Gasteiger partial charge in [0.05, 0.1) is 6.42 Å². The molecule has 2 atom stereocenters. The van der Waals surface area contributed by atoms with E-state index >= 15 is 0 Å². The Morgan fingerprint density at radius 3 is 2.74 bits per heavy atom. The lowest BCUT2D eigenvalue weighted by atomic mass is 10.0. The summed E-state index contributed by atoms with van der Waals surface area (Å²) in [7, 11) is 0. The van der Waals surface area contributed by atoms with Crippen molar-refractivity contribution in [3.8, 4) is 12.3 Å². The standard InChI is InChI=1S/C23H18F3N9O8S3/c1-2-6-43-31-13(11-9-45-21(27-11)29-20(42)23(24,25)26)16(38)28-14-17(39)35-15(19(40)41)10(7-44-18(14)35)8-46-22-30-32-33-34(22)5-3-4-12(36)37/h1,3,5,9,14,18H,4,6-8H2,(H,28,38)(H,36,37)(H,40,41)(H,27,29,42)/b5-3+,31-13+.